The second-order valence-electron chi connectivity index (χ2n) is 6.66. The maximum atomic E-state index is 12.7. The summed E-state index contributed by atoms with van der Waals surface area (Å²) >= 11 is 0. The van der Waals surface area contributed by atoms with Crippen LogP contribution in [0.1, 0.15) is 37.5 Å². The molecule has 0 spiro atoms. The molecule has 0 saturated heterocycles. The summed E-state index contributed by atoms with van der Waals surface area (Å²) in [4.78, 5) is 33.1. The fourth-order valence-corrected chi connectivity index (χ4v) is 3.10. The van der Waals surface area contributed by atoms with Gasteiger partial charge in [-0.2, -0.15) is 0 Å². The van der Waals surface area contributed by atoms with Crippen LogP contribution in [0.5, 0.6) is 0 Å². The molecule has 2 aromatic carbocycles. The Bertz CT molecular complexity index is 1060. The van der Waals surface area contributed by atoms with Crippen molar-refractivity contribution in [1.82, 2.24) is 9.97 Å². The first-order valence-electron chi connectivity index (χ1n) is 9.05. The highest BCUT2D eigenvalue weighted by Gasteiger charge is 2.16. The van der Waals surface area contributed by atoms with Crippen LogP contribution in [-0.2, 0) is 4.74 Å². The van der Waals surface area contributed by atoms with E-state index in [1.54, 1.807) is 24.3 Å². The highest BCUT2D eigenvalue weighted by atomic mass is 16.5. The topological polar surface area (TPSA) is 93.2 Å². The van der Waals surface area contributed by atoms with Gasteiger partial charge in [0.05, 0.1) is 18.4 Å². The largest absolute Gasteiger partial charge is 0.465 e. The van der Waals surface area contributed by atoms with Crippen molar-refractivity contribution < 1.29 is 14.3 Å². The van der Waals surface area contributed by atoms with Crippen LogP contribution in [0.2, 0.25) is 0 Å². The van der Waals surface area contributed by atoms with Gasteiger partial charge >= 0.3 is 5.97 Å². The number of amides is 1. The molecule has 0 aliphatic heterocycles. The van der Waals surface area contributed by atoms with Crippen LogP contribution in [0.15, 0.2) is 48.7 Å². The lowest BCUT2D eigenvalue weighted by molar-refractivity contribution is 0.0602. The van der Waals surface area contributed by atoms with Crippen molar-refractivity contribution in [3.63, 3.8) is 0 Å². The molecule has 0 aliphatic carbocycles. The Balaban J connectivity index is 1.84. The molecule has 1 aromatic heterocycles. The Morgan fingerprint density at radius 2 is 1.69 bits per heavy atom. The van der Waals surface area contributed by atoms with E-state index in [0.717, 1.165) is 16.8 Å². The number of carbonyl (C=O) groups is 2. The molecule has 0 radical (unpaired) electrons. The summed E-state index contributed by atoms with van der Waals surface area (Å²) in [6.07, 6.45) is 1.51. The van der Waals surface area contributed by atoms with Crippen LogP contribution in [0.25, 0.3) is 0 Å². The fraction of sp³-hybridized carbons (Fsp3) is 0.182. The third-order valence-corrected chi connectivity index (χ3v) is 4.38. The summed E-state index contributed by atoms with van der Waals surface area (Å²) in [5.41, 5.74) is 4.99. The number of nitrogens with one attached hydrogen (secondary N) is 2. The average Bonchev–Trinajstić information content (AvgIpc) is 2.70. The number of carbonyl (C=O) groups excluding carboxylic acids is 2. The number of benzene rings is 2. The molecule has 29 heavy (non-hydrogen) atoms. The lowest BCUT2D eigenvalue weighted by Gasteiger charge is -2.13. The molecule has 3 rings (SSSR count). The van der Waals surface area contributed by atoms with Gasteiger partial charge in [-0.25, -0.2) is 14.8 Å². The van der Waals surface area contributed by atoms with Gasteiger partial charge in [-0.3, -0.25) is 4.79 Å². The maximum absolute atomic E-state index is 12.7. The number of anilines is 3. The Hall–Kier alpha value is -3.74. The zero-order chi connectivity index (χ0) is 21.0. The Morgan fingerprint density at radius 1 is 1.00 bits per heavy atom. The highest BCUT2D eigenvalue weighted by molar-refractivity contribution is 6.07. The molecule has 7 heteroatoms. The van der Waals surface area contributed by atoms with Gasteiger partial charge < -0.3 is 15.4 Å². The first-order chi connectivity index (χ1) is 13.9. The lowest BCUT2D eigenvalue weighted by atomic mass is 10.1. The predicted octanol–water partition coefficient (Wildman–Crippen LogP) is 4.18. The van der Waals surface area contributed by atoms with Gasteiger partial charge in [-0.1, -0.05) is 29.8 Å². The summed E-state index contributed by atoms with van der Waals surface area (Å²) < 4.78 is 4.75. The second-order valence-corrected chi connectivity index (χ2v) is 6.66. The minimum Gasteiger partial charge on any atom is -0.465 e. The number of nitrogens with zero attached hydrogens (tertiary/aromatic N) is 2. The van der Waals surface area contributed by atoms with E-state index in [1.165, 1.54) is 24.9 Å². The molecule has 3 aromatic rings. The molecule has 7 nitrogen and oxygen atoms in total. The summed E-state index contributed by atoms with van der Waals surface area (Å²) in [5, 5.41) is 5.89. The Morgan fingerprint density at radius 3 is 2.38 bits per heavy atom. The number of esters is 1. The Labute approximate surface area is 169 Å². The van der Waals surface area contributed by atoms with E-state index < -0.39 is 11.9 Å². The number of para-hydroxylation sites is 1. The van der Waals surface area contributed by atoms with Crippen molar-refractivity contribution in [3.05, 3.63) is 76.6 Å². The first-order valence-corrected chi connectivity index (χ1v) is 9.05. The van der Waals surface area contributed by atoms with Crippen LogP contribution in [-0.4, -0.2) is 29.0 Å². The molecule has 0 bridgehead atoms. The molecule has 148 valence electrons. The van der Waals surface area contributed by atoms with Gasteiger partial charge in [0.2, 0.25) is 5.95 Å². The maximum Gasteiger partial charge on any atom is 0.339 e. The molecule has 1 amide bonds. The molecule has 0 unspecified atom stereocenters. The fourth-order valence-electron chi connectivity index (χ4n) is 3.10. The zero-order valence-corrected chi connectivity index (χ0v) is 16.7. The quantitative estimate of drug-likeness (QED) is 0.635. The molecular formula is C22H22N4O3. The van der Waals surface area contributed by atoms with Gasteiger partial charge in [-0.15, -0.1) is 0 Å². The highest BCUT2D eigenvalue weighted by Crippen LogP contribution is 2.24. The average molecular weight is 390 g/mol. The summed E-state index contributed by atoms with van der Waals surface area (Å²) in [6.45, 7) is 6.04. The van der Waals surface area contributed by atoms with E-state index >= 15 is 0 Å². The molecule has 0 saturated carbocycles. The van der Waals surface area contributed by atoms with E-state index in [4.69, 9.17) is 4.74 Å². The third kappa shape index (κ3) is 4.57. The number of rotatable bonds is 5. The summed E-state index contributed by atoms with van der Waals surface area (Å²) in [6, 6.07) is 12.3. The number of aromatic nitrogens is 2. The van der Waals surface area contributed by atoms with Gasteiger partial charge in [0.25, 0.3) is 5.91 Å². The van der Waals surface area contributed by atoms with E-state index in [-0.39, 0.29) is 11.3 Å². The van der Waals surface area contributed by atoms with Crippen LogP contribution >= 0.6 is 0 Å². The molecule has 0 atom stereocenters. The smallest absolute Gasteiger partial charge is 0.339 e. The lowest BCUT2D eigenvalue weighted by Crippen LogP contribution is -2.17. The molecular weight excluding hydrogens is 368 g/mol. The van der Waals surface area contributed by atoms with Crippen LogP contribution in [0.3, 0.4) is 0 Å². The molecule has 0 fully saturated rings. The molecule has 1 heterocycles. The van der Waals surface area contributed by atoms with E-state index in [9.17, 15) is 9.59 Å². The van der Waals surface area contributed by atoms with Crippen molar-refractivity contribution >= 4 is 29.2 Å². The first kappa shape index (κ1) is 20.0. The Kier molecular flexibility index (Phi) is 5.87. The third-order valence-electron chi connectivity index (χ3n) is 4.38. The number of methoxy groups -OCH3 is 1. The predicted molar refractivity (Wildman–Crippen MR) is 112 cm³/mol. The van der Waals surface area contributed by atoms with Crippen molar-refractivity contribution in [2.45, 2.75) is 20.8 Å². The van der Waals surface area contributed by atoms with Gasteiger partial charge in [0.1, 0.15) is 5.69 Å². The van der Waals surface area contributed by atoms with Gasteiger partial charge in [-0.05, 0) is 50.1 Å². The normalized spacial score (nSPS) is 10.3. The number of hydrogen-bond donors (Lipinski definition) is 2. The number of ether oxygens (including phenoxy) is 1. The SMILES string of the molecule is COC(=O)c1ccccc1NC(=O)c1ccnc(Nc2c(C)cc(C)cc2C)n1. The van der Waals surface area contributed by atoms with Crippen molar-refractivity contribution in [2.75, 3.05) is 17.7 Å². The van der Waals surface area contributed by atoms with E-state index in [2.05, 4.69) is 32.7 Å². The number of hydrogen-bond acceptors (Lipinski definition) is 6. The van der Waals surface area contributed by atoms with Gasteiger partial charge in [0, 0.05) is 11.9 Å². The molecule has 2 N–H and O–H groups in total. The van der Waals surface area contributed by atoms with Gasteiger partial charge in [0.15, 0.2) is 0 Å². The number of aryl methyl sites for hydroxylation is 3. The van der Waals surface area contributed by atoms with Crippen LogP contribution in [0.4, 0.5) is 17.3 Å². The second kappa shape index (κ2) is 8.52. The standard InChI is InChI=1S/C22H22N4O3/c1-13-11-14(2)19(15(3)12-13)26-22-23-10-9-18(25-22)20(27)24-17-8-6-5-7-16(17)21(28)29-4/h5-12H,1-4H3,(H,24,27)(H,23,25,26). The van der Waals surface area contributed by atoms with Crippen molar-refractivity contribution in [2.24, 2.45) is 0 Å². The van der Waals surface area contributed by atoms with Crippen LogP contribution < -0.4 is 10.6 Å². The van der Waals surface area contributed by atoms with Crippen molar-refractivity contribution in [3.8, 4) is 0 Å². The van der Waals surface area contributed by atoms with Crippen molar-refractivity contribution in [1.29, 1.82) is 0 Å². The molecule has 0 aliphatic rings. The van der Waals surface area contributed by atoms with E-state index in [1.807, 2.05) is 20.8 Å². The minimum absolute atomic E-state index is 0.171. The minimum atomic E-state index is -0.531. The zero-order valence-electron chi connectivity index (χ0n) is 16.7. The summed E-state index contributed by atoms with van der Waals surface area (Å²) in [7, 11) is 1.29. The van der Waals surface area contributed by atoms with Crippen LogP contribution in [0, 0.1) is 20.8 Å². The summed E-state index contributed by atoms with van der Waals surface area (Å²) in [5.74, 6) is -0.672. The van der Waals surface area contributed by atoms with E-state index in [0.29, 0.717) is 11.6 Å². The monoisotopic (exact) mass is 390 g/mol.